The van der Waals surface area contributed by atoms with Crippen LogP contribution in [0, 0.1) is 0 Å². The summed E-state index contributed by atoms with van der Waals surface area (Å²) >= 11 is 5.84. The third-order valence-corrected chi connectivity index (χ3v) is 3.24. The zero-order chi connectivity index (χ0) is 16.2. The number of aliphatic hydroxyl groups excluding tert-OH is 1. The number of hydrogen-bond donors (Lipinski definition) is 3. The minimum atomic E-state index is -4.02. The molecule has 0 radical (unpaired) electrons. The number of aliphatic hydroxyl groups is 1. The highest BCUT2D eigenvalue weighted by Crippen LogP contribution is 2.34. The molecule has 0 unspecified atom stereocenters. The van der Waals surface area contributed by atoms with E-state index in [4.69, 9.17) is 26.6 Å². The Balaban J connectivity index is 2.56. The summed E-state index contributed by atoms with van der Waals surface area (Å²) in [5, 5.41) is 14.4. The van der Waals surface area contributed by atoms with E-state index in [-0.39, 0.29) is 24.9 Å². The normalized spacial score (nSPS) is 11.2. The fourth-order valence-corrected chi connectivity index (χ4v) is 2.26. The number of hydrogen-bond acceptors (Lipinski definition) is 6. The van der Waals surface area contributed by atoms with Crippen LogP contribution in [-0.2, 0) is 10.2 Å². The van der Waals surface area contributed by atoms with Crippen molar-refractivity contribution in [3.63, 3.8) is 0 Å². The van der Waals surface area contributed by atoms with E-state index in [0.717, 1.165) is 6.33 Å². The molecule has 8 nitrogen and oxygen atoms in total. The fourth-order valence-electron chi connectivity index (χ4n) is 1.71. The lowest BCUT2D eigenvalue weighted by atomic mass is 10.1. The molecule has 0 aliphatic rings. The second-order valence-corrected chi connectivity index (χ2v) is 5.86. The number of halogens is 1. The lowest BCUT2D eigenvalue weighted by Gasteiger charge is -2.13. The highest BCUT2D eigenvalue weighted by Gasteiger charge is 2.17. The van der Waals surface area contributed by atoms with Crippen LogP contribution in [0.2, 0.25) is 5.02 Å². The summed E-state index contributed by atoms with van der Waals surface area (Å²) in [6.45, 7) is -0.228. The second-order valence-electron chi connectivity index (χ2n) is 4.13. The molecular weight excluding hydrogens is 332 g/mol. The van der Waals surface area contributed by atoms with Gasteiger partial charge in [0.15, 0.2) is 5.82 Å². The van der Waals surface area contributed by atoms with Gasteiger partial charge in [0.2, 0.25) is 5.88 Å². The second kappa shape index (κ2) is 6.88. The number of nitrogens with one attached hydrogen (secondary N) is 1. The van der Waals surface area contributed by atoms with Crippen LogP contribution in [-0.4, -0.2) is 36.7 Å². The summed E-state index contributed by atoms with van der Waals surface area (Å²) in [5.74, 6) is 0.0743. The monoisotopic (exact) mass is 344 g/mol. The Labute approximate surface area is 132 Å². The first-order chi connectivity index (χ1) is 10.4. The first-order valence-electron chi connectivity index (χ1n) is 6.06. The topological polar surface area (TPSA) is 127 Å². The van der Waals surface area contributed by atoms with E-state index >= 15 is 0 Å². The van der Waals surface area contributed by atoms with Crippen molar-refractivity contribution >= 4 is 27.6 Å². The maximum Gasteiger partial charge on any atom is 0.297 e. The van der Waals surface area contributed by atoms with E-state index in [1.807, 2.05) is 0 Å². The third kappa shape index (κ3) is 4.28. The van der Waals surface area contributed by atoms with Crippen LogP contribution >= 0.6 is 11.6 Å². The van der Waals surface area contributed by atoms with Crippen LogP contribution in [0.5, 0.6) is 5.88 Å². The number of rotatable bonds is 6. The van der Waals surface area contributed by atoms with Gasteiger partial charge in [-0.25, -0.2) is 15.1 Å². The molecule has 0 spiro atoms. The first-order valence-corrected chi connectivity index (χ1v) is 7.98. The summed E-state index contributed by atoms with van der Waals surface area (Å²) in [4.78, 5) is 7.83. The summed E-state index contributed by atoms with van der Waals surface area (Å²) < 4.78 is 30.0. The van der Waals surface area contributed by atoms with E-state index < -0.39 is 10.2 Å². The van der Waals surface area contributed by atoms with Crippen LogP contribution in [0.3, 0.4) is 0 Å². The van der Waals surface area contributed by atoms with Crippen molar-refractivity contribution in [1.82, 2.24) is 9.97 Å². The lowest BCUT2D eigenvalue weighted by Crippen LogP contribution is -2.23. The number of nitrogens with two attached hydrogens (primary N) is 1. The molecule has 2 aromatic rings. The quantitative estimate of drug-likeness (QED) is 0.710. The largest absolute Gasteiger partial charge is 0.475 e. The number of anilines is 1. The van der Waals surface area contributed by atoms with Gasteiger partial charge in [0.1, 0.15) is 12.9 Å². The predicted molar refractivity (Wildman–Crippen MR) is 81.8 cm³/mol. The molecule has 4 N–H and O–H groups in total. The molecule has 0 atom stereocenters. The average Bonchev–Trinajstić information content (AvgIpc) is 2.45. The van der Waals surface area contributed by atoms with Gasteiger partial charge in [0.05, 0.1) is 12.2 Å². The van der Waals surface area contributed by atoms with Gasteiger partial charge in [-0.15, -0.1) is 0 Å². The fraction of sp³-hybridized carbons (Fsp3) is 0.167. The van der Waals surface area contributed by atoms with Crippen LogP contribution in [0.4, 0.5) is 5.82 Å². The Kier molecular flexibility index (Phi) is 5.14. The van der Waals surface area contributed by atoms with Crippen molar-refractivity contribution in [2.24, 2.45) is 5.14 Å². The molecule has 0 aliphatic heterocycles. The Morgan fingerprint density at radius 3 is 2.55 bits per heavy atom. The van der Waals surface area contributed by atoms with Gasteiger partial charge in [-0.2, -0.15) is 8.42 Å². The van der Waals surface area contributed by atoms with Crippen molar-refractivity contribution in [3.8, 4) is 17.0 Å². The SMILES string of the molecule is NS(=O)(=O)Nc1ncnc(OCCO)c1-c1ccc(Cl)cc1. The molecule has 2 rings (SSSR count). The van der Waals surface area contributed by atoms with Gasteiger partial charge in [0, 0.05) is 5.02 Å². The van der Waals surface area contributed by atoms with Crippen LogP contribution in [0.1, 0.15) is 0 Å². The molecule has 1 aromatic heterocycles. The molecule has 1 heterocycles. The van der Waals surface area contributed by atoms with Gasteiger partial charge in [-0.05, 0) is 17.7 Å². The molecule has 22 heavy (non-hydrogen) atoms. The number of aromatic nitrogens is 2. The molecule has 118 valence electrons. The summed E-state index contributed by atoms with van der Waals surface area (Å²) in [6.07, 6.45) is 1.12. The Morgan fingerprint density at radius 2 is 1.95 bits per heavy atom. The van der Waals surface area contributed by atoms with Gasteiger partial charge in [0.25, 0.3) is 10.2 Å². The number of ether oxygens (including phenoxy) is 1. The molecule has 0 saturated heterocycles. The van der Waals surface area contributed by atoms with Gasteiger partial charge in [-0.1, -0.05) is 23.7 Å². The van der Waals surface area contributed by atoms with Gasteiger partial charge < -0.3 is 9.84 Å². The van der Waals surface area contributed by atoms with E-state index in [9.17, 15) is 8.42 Å². The first kappa shape index (κ1) is 16.4. The highest BCUT2D eigenvalue weighted by molar-refractivity contribution is 7.90. The summed E-state index contributed by atoms with van der Waals surface area (Å²) in [7, 11) is -4.02. The van der Waals surface area contributed by atoms with Gasteiger partial charge in [-0.3, -0.25) is 4.72 Å². The Morgan fingerprint density at radius 1 is 1.27 bits per heavy atom. The molecular formula is C12H13ClN4O4S. The minimum absolute atomic E-state index is 0.00752. The smallest absolute Gasteiger partial charge is 0.297 e. The van der Waals surface area contributed by atoms with E-state index in [1.54, 1.807) is 24.3 Å². The van der Waals surface area contributed by atoms with E-state index in [1.165, 1.54) is 0 Å². The van der Waals surface area contributed by atoms with Crippen LogP contribution in [0.15, 0.2) is 30.6 Å². The molecule has 0 aliphatic carbocycles. The molecule has 0 bridgehead atoms. The zero-order valence-electron chi connectivity index (χ0n) is 11.2. The average molecular weight is 345 g/mol. The minimum Gasteiger partial charge on any atom is -0.475 e. The Bertz CT molecular complexity index is 752. The molecule has 1 aromatic carbocycles. The highest BCUT2D eigenvalue weighted by atomic mass is 35.5. The summed E-state index contributed by atoms with van der Waals surface area (Å²) in [5.41, 5.74) is 0.866. The number of nitrogens with zero attached hydrogens (tertiary/aromatic N) is 2. The number of benzene rings is 1. The molecule has 0 saturated carbocycles. The zero-order valence-corrected chi connectivity index (χ0v) is 12.8. The maximum absolute atomic E-state index is 11.3. The van der Waals surface area contributed by atoms with Crippen molar-refractivity contribution in [1.29, 1.82) is 0 Å². The molecule has 0 fully saturated rings. The lowest BCUT2D eigenvalue weighted by molar-refractivity contribution is 0.197. The standard InChI is InChI=1S/C12H13ClN4O4S/c13-9-3-1-8(2-4-9)10-11(17-22(14,19)20)15-7-16-12(10)21-6-5-18/h1-4,7,18H,5-6H2,(H2,14,19,20)(H,15,16,17). The van der Waals surface area contributed by atoms with Gasteiger partial charge >= 0.3 is 0 Å². The van der Waals surface area contributed by atoms with E-state index in [2.05, 4.69) is 14.7 Å². The van der Waals surface area contributed by atoms with Crippen molar-refractivity contribution in [3.05, 3.63) is 35.6 Å². The van der Waals surface area contributed by atoms with Crippen molar-refractivity contribution < 1.29 is 18.3 Å². The van der Waals surface area contributed by atoms with Crippen LogP contribution in [0.25, 0.3) is 11.1 Å². The maximum atomic E-state index is 11.3. The van der Waals surface area contributed by atoms with Crippen LogP contribution < -0.4 is 14.6 Å². The Hall–Kier alpha value is -1.94. The summed E-state index contributed by atoms with van der Waals surface area (Å²) in [6, 6.07) is 6.56. The third-order valence-electron chi connectivity index (χ3n) is 2.51. The molecule has 0 amide bonds. The predicted octanol–water partition coefficient (Wildman–Crippen LogP) is 0.784. The van der Waals surface area contributed by atoms with Crippen molar-refractivity contribution in [2.45, 2.75) is 0 Å². The molecule has 10 heteroatoms. The van der Waals surface area contributed by atoms with Crippen molar-refractivity contribution in [2.75, 3.05) is 17.9 Å². The van der Waals surface area contributed by atoms with E-state index in [0.29, 0.717) is 16.1 Å².